The fourth-order valence-electron chi connectivity index (χ4n) is 5.43. The van der Waals surface area contributed by atoms with Gasteiger partial charge in [-0.25, -0.2) is 14.2 Å². The van der Waals surface area contributed by atoms with Gasteiger partial charge in [-0.2, -0.15) is 0 Å². The smallest absolute Gasteiger partial charge is 0.341 e. The second-order valence-electron chi connectivity index (χ2n) is 9.92. The minimum atomic E-state index is -1.32. The summed E-state index contributed by atoms with van der Waals surface area (Å²) in [5, 5.41) is 9.58. The fourth-order valence-corrected chi connectivity index (χ4v) is 5.43. The summed E-state index contributed by atoms with van der Waals surface area (Å²) in [5.41, 5.74) is 1.63. The summed E-state index contributed by atoms with van der Waals surface area (Å²) < 4.78 is 23.2. The van der Waals surface area contributed by atoms with Crippen LogP contribution in [0.4, 0.5) is 10.1 Å². The first-order valence-corrected chi connectivity index (χ1v) is 12.5. The molecule has 1 aliphatic carbocycles. The monoisotopic (exact) mass is 505 g/mol. The van der Waals surface area contributed by atoms with E-state index < -0.39 is 17.2 Å². The van der Waals surface area contributed by atoms with Crippen molar-refractivity contribution in [1.82, 2.24) is 19.4 Å². The number of piperazine rings is 1. The Morgan fingerprint density at radius 3 is 2.73 bits per heavy atom. The first kappa shape index (κ1) is 23.5. The van der Waals surface area contributed by atoms with Crippen molar-refractivity contribution >= 4 is 33.6 Å². The quantitative estimate of drug-likeness (QED) is 0.411. The van der Waals surface area contributed by atoms with E-state index in [-0.39, 0.29) is 28.8 Å². The van der Waals surface area contributed by atoms with Gasteiger partial charge in [-0.3, -0.25) is 9.69 Å². The van der Waals surface area contributed by atoms with E-state index in [0.29, 0.717) is 37.4 Å². The van der Waals surface area contributed by atoms with Gasteiger partial charge in [-0.15, -0.1) is 0 Å². The fraction of sp³-hybridized carbons (Fsp3) is 0.370. The highest BCUT2D eigenvalue weighted by atomic mass is 19.1. The highest BCUT2D eigenvalue weighted by Gasteiger charge is 2.33. The van der Waals surface area contributed by atoms with E-state index in [0.717, 1.165) is 29.7 Å². The van der Waals surface area contributed by atoms with Crippen LogP contribution in [0.15, 0.2) is 41.3 Å². The van der Waals surface area contributed by atoms with Gasteiger partial charge in [0.1, 0.15) is 17.1 Å². The molecular weight excluding hydrogens is 477 g/mol. The first-order chi connectivity index (χ1) is 17.9. The minimum absolute atomic E-state index is 0.0291. The number of carboxylic acids is 1. The molecule has 10 heteroatoms. The zero-order valence-electron chi connectivity index (χ0n) is 20.7. The van der Waals surface area contributed by atoms with Crippen LogP contribution in [0.2, 0.25) is 0 Å². The summed E-state index contributed by atoms with van der Waals surface area (Å²) in [5.74, 6) is -0.754. The number of rotatable bonds is 6. The predicted molar refractivity (Wildman–Crippen MR) is 138 cm³/mol. The Kier molecular flexibility index (Phi) is 5.63. The van der Waals surface area contributed by atoms with Gasteiger partial charge in [0.15, 0.2) is 11.6 Å². The topological polar surface area (TPSA) is 104 Å². The van der Waals surface area contributed by atoms with Crippen LogP contribution >= 0.6 is 0 Å². The number of para-hydroxylation sites is 2. The lowest BCUT2D eigenvalue weighted by Gasteiger charge is -2.41. The number of hydrogen-bond acceptors (Lipinski definition) is 6. The van der Waals surface area contributed by atoms with E-state index in [1.807, 2.05) is 29.2 Å². The number of carbonyl (C=O) groups is 1. The molecule has 0 bridgehead atoms. The maximum atomic E-state index is 15.7. The van der Waals surface area contributed by atoms with E-state index in [4.69, 9.17) is 4.74 Å². The van der Waals surface area contributed by atoms with Crippen LogP contribution < -0.4 is 15.1 Å². The summed E-state index contributed by atoms with van der Waals surface area (Å²) in [6.45, 7) is 4.55. The number of imidazole rings is 1. The van der Waals surface area contributed by atoms with Crippen molar-refractivity contribution in [2.24, 2.45) is 0 Å². The number of aromatic carboxylic acids is 1. The Labute approximate surface area is 212 Å². The van der Waals surface area contributed by atoms with Crippen molar-refractivity contribution < 1.29 is 19.0 Å². The van der Waals surface area contributed by atoms with E-state index in [9.17, 15) is 14.7 Å². The third kappa shape index (κ3) is 4.01. The molecule has 2 aromatic carbocycles. The van der Waals surface area contributed by atoms with Crippen LogP contribution in [-0.4, -0.2) is 63.3 Å². The Morgan fingerprint density at radius 2 is 2.05 bits per heavy atom. The summed E-state index contributed by atoms with van der Waals surface area (Å²) in [6.07, 6.45) is 3.11. The maximum absolute atomic E-state index is 15.7. The number of anilines is 1. The average molecular weight is 506 g/mol. The van der Waals surface area contributed by atoms with E-state index in [2.05, 4.69) is 21.8 Å². The Hall–Kier alpha value is -3.92. The molecule has 2 N–H and O–H groups in total. The summed E-state index contributed by atoms with van der Waals surface area (Å²) in [6, 6.07) is 9.25. The van der Waals surface area contributed by atoms with Crippen LogP contribution in [0.3, 0.4) is 0 Å². The molecule has 3 heterocycles. The molecule has 2 fully saturated rings. The number of ether oxygens (including phenoxy) is 1. The molecule has 1 saturated carbocycles. The van der Waals surface area contributed by atoms with Crippen LogP contribution in [0.1, 0.15) is 42.0 Å². The lowest BCUT2D eigenvalue weighted by atomic mass is 10.1. The number of fused-ring (bicyclic) bond motifs is 2. The highest BCUT2D eigenvalue weighted by molar-refractivity contribution is 5.97. The Bertz CT molecular complexity index is 1560. The largest absolute Gasteiger partial charge is 0.492 e. The van der Waals surface area contributed by atoms with Crippen LogP contribution in [0.5, 0.6) is 5.75 Å². The molecule has 4 aromatic rings. The van der Waals surface area contributed by atoms with Crippen LogP contribution in [0, 0.1) is 5.82 Å². The zero-order valence-corrected chi connectivity index (χ0v) is 20.7. The van der Waals surface area contributed by atoms with Crippen molar-refractivity contribution in [2.45, 2.75) is 38.4 Å². The van der Waals surface area contributed by atoms with Crippen LogP contribution in [-0.2, 0) is 6.54 Å². The molecule has 37 heavy (non-hydrogen) atoms. The molecule has 1 aliphatic heterocycles. The normalized spacial score (nSPS) is 18.6. The molecule has 0 radical (unpaired) electrons. The number of aromatic nitrogens is 3. The van der Waals surface area contributed by atoms with Gasteiger partial charge in [-0.05, 0) is 38.0 Å². The molecule has 1 saturated heterocycles. The number of nitrogens with zero attached hydrogens (tertiary/aromatic N) is 4. The lowest BCUT2D eigenvalue weighted by Crippen LogP contribution is -2.52. The molecule has 9 nitrogen and oxygen atoms in total. The maximum Gasteiger partial charge on any atom is 0.341 e. The third-order valence-electron chi connectivity index (χ3n) is 7.45. The van der Waals surface area contributed by atoms with Crippen molar-refractivity contribution in [3.8, 4) is 5.75 Å². The summed E-state index contributed by atoms with van der Waals surface area (Å²) in [4.78, 5) is 37.0. The number of methoxy groups -OCH3 is 1. The second kappa shape index (κ2) is 8.88. The molecular formula is C27H28FN5O4. The molecule has 0 amide bonds. The van der Waals surface area contributed by atoms with Crippen molar-refractivity contribution in [3.63, 3.8) is 0 Å². The van der Waals surface area contributed by atoms with Crippen molar-refractivity contribution in [3.05, 3.63) is 64.0 Å². The minimum Gasteiger partial charge on any atom is -0.492 e. The lowest BCUT2D eigenvalue weighted by molar-refractivity contribution is 0.0694. The second-order valence-corrected chi connectivity index (χ2v) is 9.92. The Morgan fingerprint density at radius 1 is 1.27 bits per heavy atom. The standard InChI is InChI=1S/C27H28FN5O4/c1-15-12-32(10-9-31(15)14-22-29-20-5-3-4-6-21(20)30-22)24-19(28)11-17-23(26(24)37-2)33(16-7-8-16)13-18(25(17)34)27(35)36/h3-6,11,13,15-16H,7-10,12,14H2,1-2H3,(H,29,30)(H,35,36). The van der Waals surface area contributed by atoms with E-state index >= 15 is 4.39 Å². The molecule has 192 valence electrons. The number of hydrogen-bond donors (Lipinski definition) is 2. The predicted octanol–water partition coefficient (Wildman–Crippen LogP) is 3.77. The van der Waals surface area contributed by atoms with Crippen molar-refractivity contribution in [1.29, 1.82) is 0 Å². The van der Waals surface area contributed by atoms with E-state index in [1.165, 1.54) is 19.4 Å². The van der Waals surface area contributed by atoms with Crippen LogP contribution in [0.25, 0.3) is 21.9 Å². The number of nitrogens with one attached hydrogen (secondary N) is 1. The molecule has 1 unspecified atom stereocenters. The SMILES string of the molecule is COc1c(N2CCN(Cc3nc4ccccc4[nH]3)C(C)C2)c(F)cc2c(=O)c(C(=O)O)cn(C3CC3)c12. The zero-order chi connectivity index (χ0) is 25.8. The van der Waals surface area contributed by atoms with Gasteiger partial charge in [0.05, 0.1) is 35.6 Å². The summed E-state index contributed by atoms with van der Waals surface area (Å²) >= 11 is 0. The average Bonchev–Trinajstić information content (AvgIpc) is 3.63. The van der Waals surface area contributed by atoms with Gasteiger partial charge in [-0.1, -0.05) is 12.1 Å². The molecule has 2 aromatic heterocycles. The molecule has 6 rings (SSSR count). The van der Waals surface area contributed by atoms with Gasteiger partial charge in [0, 0.05) is 37.9 Å². The van der Waals surface area contributed by atoms with Gasteiger partial charge < -0.3 is 24.3 Å². The van der Waals surface area contributed by atoms with Gasteiger partial charge >= 0.3 is 5.97 Å². The number of benzene rings is 2. The number of aromatic amines is 1. The molecule has 0 spiro atoms. The first-order valence-electron chi connectivity index (χ1n) is 12.5. The van der Waals surface area contributed by atoms with Crippen molar-refractivity contribution in [2.75, 3.05) is 31.6 Å². The van der Waals surface area contributed by atoms with E-state index in [1.54, 1.807) is 4.57 Å². The van der Waals surface area contributed by atoms with Gasteiger partial charge in [0.25, 0.3) is 0 Å². The number of H-pyrrole nitrogens is 1. The third-order valence-corrected chi connectivity index (χ3v) is 7.45. The Balaban J connectivity index is 1.34. The molecule has 2 aliphatic rings. The summed E-state index contributed by atoms with van der Waals surface area (Å²) in [7, 11) is 1.46. The number of pyridine rings is 1. The number of carboxylic acid groups (broad SMARTS) is 1. The number of halogens is 1. The highest BCUT2D eigenvalue weighted by Crippen LogP contribution is 2.44. The molecule has 1 atom stereocenters. The van der Waals surface area contributed by atoms with Gasteiger partial charge in [0.2, 0.25) is 5.43 Å².